The maximum atomic E-state index is 14.1. The molecule has 9 heteroatoms. The number of hydrogen-bond donors (Lipinski definition) is 0. The van der Waals surface area contributed by atoms with Gasteiger partial charge in [0.25, 0.3) is 5.89 Å². The Labute approximate surface area is 145 Å². The summed E-state index contributed by atoms with van der Waals surface area (Å²) in [5, 5.41) is 4.00. The van der Waals surface area contributed by atoms with E-state index in [0.717, 1.165) is 0 Å². The average molecular weight is 371 g/mol. The molecular weight excluding hydrogens is 361 g/mol. The molecule has 2 aromatic heterocycles. The summed E-state index contributed by atoms with van der Waals surface area (Å²) in [7, 11) is 0. The highest BCUT2D eigenvalue weighted by Gasteiger charge is 2.34. The third kappa shape index (κ3) is 2.97. The van der Waals surface area contributed by atoms with Crippen LogP contribution in [0, 0.1) is 11.6 Å². The van der Waals surface area contributed by atoms with E-state index in [1.54, 1.807) is 13.8 Å². The van der Waals surface area contributed by atoms with Gasteiger partial charge in [-0.3, -0.25) is 0 Å². The van der Waals surface area contributed by atoms with Crippen LogP contribution in [0.25, 0.3) is 11.7 Å². The van der Waals surface area contributed by atoms with E-state index >= 15 is 0 Å². The summed E-state index contributed by atoms with van der Waals surface area (Å²) in [6.07, 6.45) is 0. The van der Waals surface area contributed by atoms with Crippen molar-refractivity contribution in [2.45, 2.75) is 19.3 Å². The number of aromatic nitrogens is 4. The molecule has 0 spiro atoms. The number of halogens is 4. The molecule has 0 aliphatic heterocycles. The summed E-state index contributed by atoms with van der Waals surface area (Å²) < 4.78 is 33.3. The molecule has 0 fully saturated rings. The highest BCUT2D eigenvalue weighted by atomic mass is 35.5. The van der Waals surface area contributed by atoms with Crippen molar-refractivity contribution in [1.29, 1.82) is 0 Å². The molecule has 0 aliphatic carbocycles. The van der Waals surface area contributed by atoms with Crippen molar-refractivity contribution in [3.8, 4) is 11.7 Å². The van der Waals surface area contributed by atoms with Gasteiger partial charge in [0.05, 0.1) is 5.41 Å². The highest BCUT2D eigenvalue weighted by Crippen LogP contribution is 2.34. The number of rotatable bonds is 3. The van der Waals surface area contributed by atoms with Gasteiger partial charge in [-0.2, -0.15) is 4.98 Å². The van der Waals surface area contributed by atoms with Crippen LogP contribution in [0.15, 0.2) is 28.8 Å². The van der Waals surface area contributed by atoms with E-state index in [0.29, 0.717) is 0 Å². The second kappa shape index (κ2) is 6.07. The molecule has 3 aromatic rings. The van der Waals surface area contributed by atoms with Crippen LogP contribution >= 0.6 is 23.2 Å². The van der Waals surface area contributed by atoms with Crippen LogP contribution in [0.2, 0.25) is 10.3 Å². The quantitative estimate of drug-likeness (QED) is 0.637. The highest BCUT2D eigenvalue weighted by molar-refractivity contribution is 6.33. The van der Waals surface area contributed by atoms with Gasteiger partial charge >= 0.3 is 0 Å². The molecule has 0 radical (unpaired) electrons. The normalized spacial score (nSPS) is 11.8. The molecule has 2 heterocycles. The molecule has 0 aliphatic rings. The fourth-order valence-corrected chi connectivity index (χ4v) is 2.68. The summed E-state index contributed by atoms with van der Waals surface area (Å²) >= 11 is 11.6. The van der Waals surface area contributed by atoms with E-state index in [1.807, 2.05) is 0 Å². The van der Waals surface area contributed by atoms with E-state index in [-0.39, 0.29) is 33.4 Å². The Morgan fingerprint density at radius 1 is 1.00 bits per heavy atom. The minimum atomic E-state index is -1.18. The zero-order valence-corrected chi connectivity index (χ0v) is 14.0. The first-order valence-electron chi connectivity index (χ1n) is 6.78. The summed E-state index contributed by atoms with van der Waals surface area (Å²) in [5.74, 6) is -1.36. The van der Waals surface area contributed by atoms with Gasteiger partial charge in [-0.15, -0.1) is 0 Å². The van der Waals surface area contributed by atoms with Gasteiger partial charge in [0.1, 0.15) is 21.9 Å². The lowest BCUT2D eigenvalue weighted by Gasteiger charge is -2.22. The molecule has 24 heavy (non-hydrogen) atoms. The standard InChI is InChI=1S/C15H10Cl2F2N4O/c1-15(2,11-7(18)4-3-5-8(11)19)14-22-13(24-23-14)12-20-9(16)6-10(17)21-12/h3-6H,1-2H3. The molecule has 0 amide bonds. The molecule has 0 N–H and O–H groups in total. The molecule has 5 nitrogen and oxygen atoms in total. The van der Waals surface area contributed by atoms with Crippen LogP contribution in [-0.2, 0) is 5.41 Å². The van der Waals surface area contributed by atoms with Crippen LogP contribution in [0.3, 0.4) is 0 Å². The van der Waals surface area contributed by atoms with E-state index in [1.165, 1.54) is 24.3 Å². The summed E-state index contributed by atoms with van der Waals surface area (Å²) in [4.78, 5) is 12.0. The lowest BCUT2D eigenvalue weighted by atomic mass is 9.83. The van der Waals surface area contributed by atoms with Crippen molar-refractivity contribution in [2.75, 3.05) is 0 Å². The third-order valence-electron chi connectivity index (χ3n) is 3.43. The van der Waals surface area contributed by atoms with Gasteiger partial charge in [0, 0.05) is 11.6 Å². The fourth-order valence-electron chi connectivity index (χ4n) is 2.26. The maximum Gasteiger partial charge on any atom is 0.295 e. The number of hydrogen-bond acceptors (Lipinski definition) is 5. The van der Waals surface area contributed by atoms with E-state index in [2.05, 4.69) is 20.1 Å². The summed E-state index contributed by atoms with van der Waals surface area (Å²) in [5.41, 5.74) is -1.35. The van der Waals surface area contributed by atoms with E-state index < -0.39 is 17.0 Å². The van der Waals surface area contributed by atoms with Gasteiger partial charge in [-0.25, -0.2) is 18.7 Å². The molecule has 0 bridgehead atoms. The molecule has 0 saturated carbocycles. The molecular formula is C15H10Cl2F2N4O. The van der Waals surface area contributed by atoms with Crippen molar-refractivity contribution >= 4 is 23.2 Å². The summed E-state index contributed by atoms with van der Waals surface area (Å²) in [6, 6.07) is 4.97. The van der Waals surface area contributed by atoms with Gasteiger partial charge in [0.15, 0.2) is 5.82 Å². The van der Waals surface area contributed by atoms with Gasteiger partial charge in [-0.05, 0) is 26.0 Å². The lowest BCUT2D eigenvalue weighted by Crippen LogP contribution is -2.24. The van der Waals surface area contributed by atoms with Crippen LogP contribution in [0.5, 0.6) is 0 Å². The first kappa shape index (κ1) is 16.7. The Morgan fingerprint density at radius 3 is 2.17 bits per heavy atom. The zero-order chi connectivity index (χ0) is 17.5. The monoisotopic (exact) mass is 370 g/mol. The Balaban J connectivity index is 2.06. The first-order valence-corrected chi connectivity index (χ1v) is 7.54. The minimum Gasteiger partial charge on any atom is -0.330 e. The second-order valence-electron chi connectivity index (χ2n) is 5.48. The predicted molar refractivity (Wildman–Crippen MR) is 83.8 cm³/mol. The summed E-state index contributed by atoms with van der Waals surface area (Å²) in [6.45, 7) is 3.16. The lowest BCUT2D eigenvalue weighted by molar-refractivity contribution is 0.398. The maximum absolute atomic E-state index is 14.1. The van der Waals surface area contributed by atoms with Gasteiger partial charge < -0.3 is 4.52 Å². The van der Waals surface area contributed by atoms with Gasteiger partial charge in [-0.1, -0.05) is 34.4 Å². The Bertz CT molecular complexity index is 874. The van der Waals surface area contributed by atoms with Crippen molar-refractivity contribution in [2.24, 2.45) is 0 Å². The second-order valence-corrected chi connectivity index (χ2v) is 6.26. The van der Waals surface area contributed by atoms with E-state index in [9.17, 15) is 8.78 Å². The Morgan fingerprint density at radius 2 is 1.58 bits per heavy atom. The Kier molecular flexibility index (Phi) is 4.23. The molecule has 3 rings (SSSR count). The Hall–Kier alpha value is -2.12. The van der Waals surface area contributed by atoms with Crippen molar-refractivity contribution < 1.29 is 13.3 Å². The first-order chi connectivity index (χ1) is 11.3. The molecule has 1 aromatic carbocycles. The van der Waals surface area contributed by atoms with Crippen LogP contribution in [0.1, 0.15) is 25.2 Å². The number of nitrogens with zero attached hydrogens (tertiary/aromatic N) is 4. The molecule has 124 valence electrons. The molecule has 0 atom stereocenters. The van der Waals surface area contributed by atoms with Gasteiger partial charge in [0.2, 0.25) is 5.82 Å². The smallest absolute Gasteiger partial charge is 0.295 e. The van der Waals surface area contributed by atoms with Crippen LogP contribution in [0.4, 0.5) is 8.78 Å². The molecule has 0 saturated heterocycles. The number of benzene rings is 1. The largest absolute Gasteiger partial charge is 0.330 e. The SMILES string of the molecule is CC(C)(c1noc(-c2nc(Cl)cc(Cl)n2)n1)c1c(F)cccc1F. The van der Waals surface area contributed by atoms with Crippen molar-refractivity contribution in [3.05, 3.63) is 57.6 Å². The average Bonchev–Trinajstić information content (AvgIpc) is 2.96. The fraction of sp³-hybridized carbons (Fsp3) is 0.200. The minimum absolute atomic E-state index is 0.0241. The van der Waals surface area contributed by atoms with Crippen LogP contribution < -0.4 is 0 Å². The van der Waals surface area contributed by atoms with Crippen molar-refractivity contribution in [3.63, 3.8) is 0 Å². The molecule has 0 unspecified atom stereocenters. The topological polar surface area (TPSA) is 64.7 Å². The van der Waals surface area contributed by atoms with E-state index in [4.69, 9.17) is 27.7 Å². The van der Waals surface area contributed by atoms with Crippen LogP contribution in [-0.4, -0.2) is 20.1 Å². The van der Waals surface area contributed by atoms with Crippen molar-refractivity contribution in [1.82, 2.24) is 20.1 Å². The zero-order valence-electron chi connectivity index (χ0n) is 12.5. The predicted octanol–water partition coefficient (Wildman–Crippen LogP) is 4.44. The third-order valence-corrected chi connectivity index (χ3v) is 3.81.